The first-order valence-electron chi connectivity index (χ1n) is 9.12. The summed E-state index contributed by atoms with van der Waals surface area (Å²) >= 11 is 1.51. The first-order valence-corrected chi connectivity index (χ1v) is 9.94. The minimum absolute atomic E-state index is 0.271. The number of esters is 1. The monoisotopic (exact) mass is 371 g/mol. The van der Waals surface area contributed by atoms with E-state index in [1.54, 1.807) is 0 Å². The van der Waals surface area contributed by atoms with Gasteiger partial charge in [-0.15, -0.1) is 11.3 Å². The first kappa shape index (κ1) is 18.6. The number of thiophene rings is 1. The van der Waals surface area contributed by atoms with E-state index in [9.17, 15) is 9.59 Å². The molecule has 138 valence electrons. The van der Waals surface area contributed by atoms with E-state index in [1.165, 1.54) is 34.6 Å². The number of fused-ring (bicyclic) bond motifs is 1. The van der Waals surface area contributed by atoms with Crippen molar-refractivity contribution in [2.75, 3.05) is 11.9 Å². The van der Waals surface area contributed by atoms with Crippen LogP contribution in [0.4, 0.5) is 5.69 Å². The number of rotatable bonds is 5. The fraction of sp³-hybridized carbons (Fsp3) is 0.429. The van der Waals surface area contributed by atoms with Crippen molar-refractivity contribution in [2.45, 2.75) is 46.5 Å². The minimum Gasteiger partial charge on any atom is -0.451 e. The van der Waals surface area contributed by atoms with Gasteiger partial charge in [0.15, 0.2) is 6.61 Å². The van der Waals surface area contributed by atoms with Gasteiger partial charge in [0, 0.05) is 10.6 Å². The zero-order valence-corrected chi connectivity index (χ0v) is 16.4. The lowest BCUT2D eigenvalue weighted by Gasteiger charge is -2.19. The summed E-state index contributed by atoms with van der Waals surface area (Å²) < 4.78 is 5.23. The van der Waals surface area contributed by atoms with Crippen molar-refractivity contribution >= 4 is 28.9 Å². The van der Waals surface area contributed by atoms with Crippen LogP contribution in [-0.2, 0) is 22.4 Å². The molecule has 1 atom stereocenters. The van der Waals surface area contributed by atoms with Crippen LogP contribution in [0.25, 0.3) is 0 Å². The second-order valence-corrected chi connectivity index (χ2v) is 8.10. The molecule has 0 spiro atoms. The van der Waals surface area contributed by atoms with Crippen LogP contribution < -0.4 is 5.32 Å². The Kier molecular flexibility index (Phi) is 5.77. The topological polar surface area (TPSA) is 55.4 Å². The second kappa shape index (κ2) is 8.04. The Hall–Kier alpha value is -2.14. The molecule has 1 aromatic heterocycles. The highest BCUT2D eigenvalue weighted by atomic mass is 32.1. The molecule has 1 aliphatic carbocycles. The highest BCUT2D eigenvalue weighted by Gasteiger charge is 2.23. The van der Waals surface area contributed by atoms with Gasteiger partial charge in [0.1, 0.15) is 4.88 Å². The molecule has 26 heavy (non-hydrogen) atoms. The predicted octanol–water partition coefficient (Wildman–Crippen LogP) is 4.68. The smallest absolute Gasteiger partial charge is 0.348 e. The third-order valence-electron chi connectivity index (χ3n) is 5.04. The van der Waals surface area contributed by atoms with Crippen LogP contribution in [0.15, 0.2) is 24.3 Å². The Morgan fingerprint density at radius 1 is 1.27 bits per heavy atom. The van der Waals surface area contributed by atoms with Gasteiger partial charge in [0.2, 0.25) is 0 Å². The first-order chi connectivity index (χ1) is 12.5. The summed E-state index contributed by atoms with van der Waals surface area (Å²) in [7, 11) is 0. The maximum atomic E-state index is 12.3. The second-order valence-electron chi connectivity index (χ2n) is 6.97. The summed E-state index contributed by atoms with van der Waals surface area (Å²) in [4.78, 5) is 26.4. The molecule has 1 unspecified atom stereocenters. The lowest BCUT2D eigenvalue weighted by Crippen LogP contribution is -2.21. The van der Waals surface area contributed by atoms with Gasteiger partial charge >= 0.3 is 5.97 Å². The number of anilines is 1. The minimum atomic E-state index is -0.408. The Labute approximate surface area is 158 Å². The molecule has 0 saturated carbocycles. The third-order valence-corrected chi connectivity index (χ3v) is 6.26. The lowest BCUT2D eigenvalue weighted by atomic mass is 9.87. The molecule has 4 nitrogen and oxygen atoms in total. The summed E-state index contributed by atoms with van der Waals surface area (Å²) in [6.07, 6.45) is 4.45. The van der Waals surface area contributed by atoms with Gasteiger partial charge in [-0.25, -0.2) is 4.79 Å². The van der Waals surface area contributed by atoms with Crippen LogP contribution in [0.3, 0.4) is 0 Å². The number of hydrogen-bond donors (Lipinski definition) is 1. The van der Waals surface area contributed by atoms with E-state index in [1.807, 2.05) is 38.1 Å². The quantitative estimate of drug-likeness (QED) is 0.777. The molecule has 1 aromatic carbocycles. The van der Waals surface area contributed by atoms with Gasteiger partial charge in [0.25, 0.3) is 5.91 Å². The summed E-state index contributed by atoms with van der Waals surface area (Å²) in [5, 5.41) is 2.83. The van der Waals surface area contributed by atoms with E-state index in [0.29, 0.717) is 10.8 Å². The van der Waals surface area contributed by atoms with Gasteiger partial charge in [-0.05, 0) is 61.8 Å². The van der Waals surface area contributed by atoms with Crippen molar-refractivity contribution < 1.29 is 14.3 Å². The van der Waals surface area contributed by atoms with Gasteiger partial charge in [-0.1, -0.05) is 31.5 Å². The number of benzene rings is 1. The molecule has 5 heteroatoms. The number of aryl methyl sites for hydroxylation is 3. The number of hydrogen-bond acceptors (Lipinski definition) is 4. The van der Waals surface area contributed by atoms with Crippen LogP contribution >= 0.6 is 11.3 Å². The average molecular weight is 372 g/mol. The Morgan fingerprint density at radius 3 is 2.69 bits per heavy atom. The normalized spacial score (nSPS) is 16.0. The summed E-state index contributed by atoms with van der Waals surface area (Å²) in [6, 6.07) is 7.78. The Bertz CT molecular complexity index is 804. The van der Waals surface area contributed by atoms with E-state index < -0.39 is 5.97 Å². The highest BCUT2D eigenvalue weighted by Crippen LogP contribution is 2.33. The van der Waals surface area contributed by atoms with Crippen LogP contribution in [0, 0.1) is 19.8 Å². The Balaban J connectivity index is 1.57. The largest absolute Gasteiger partial charge is 0.451 e. The maximum absolute atomic E-state index is 12.3. The molecule has 1 amide bonds. The summed E-state index contributed by atoms with van der Waals surface area (Å²) in [6.45, 7) is 5.82. The average Bonchev–Trinajstić information content (AvgIpc) is 3.06. The van der Waals surface area contributed by atoms with Gasteiger partial charge in [-0.2, -0.15) is 0 Å². The van der Waals surface area contributed by atoms with Gasteiger partial charge in [-0.3, -0.25) is 4.79 Å². The molecule has 0 fully saturated rings. The van der Waals surface area contributed by atoms with Crippen molar-refractivity contribution in [2.24, 2.45) is 5.92 Å². The highest BCUT2D eigenvalue weighted by molar-refractivity contribution is 7.14. The molecular formula is C21H25NO3S. The number of para-hydroxylation sites is 1. The molecule has 1 N–H and O–H groups in total. The fourth-order valence-corrected chi connectivity index (χ4v) is 4.54. The number of carbonyl (C=O) groups is 2. The van der Waals surface area contributed by atoms with Crippen LogP contribution in [0.1, 0.15) is 51.0 Å². The molecule has 2 aromatic rings. The van der Waals surface area contributed by atoms with Crippen molar-refractivity contribution in [3.63, 3.8) is 0 Å². The van der Waals surface area contributed by atoms with Crippen LogP contribution in [0.5, 0.6) is 0 Å². The standard InChI is InChI=1S/C21H25NO3S/c1-4-15-8-9-17-16(10-15)11-18(26-17)21(24)25-12-19(23)22-20-13(2)6-5-7-14(20)3/h5-7,11,15H,4,8-10,12H2,1-3H3,(H,22,23). The SMILES string of the molecule is CCC1CCc2sc(C(=O)OCC(=O)Nc3c(C)cccc3C)cc2C1. The van der Waals surface area contributed by atoms with Crippen molar-refractivity contribution in [3.05, 3.63) is 50.7 Å². The van der Waals surface area contributed by atoms with Crippen molar-refractivity contribution in [1.82, 2.24) is 0 Å². The van der Waals surface area contributed by atoms with Gasteiger partial charge < -0.3 is 10.1 Å². The van der Waals surface area contributed by atoms with Gasteiger partial charge in [0.05, 0.1) is 0 Å². The fourth-order valence-electron chi connectivity index (χ4n) is 3.44. The number of ether oxygens (including phenoxy) is 1. The molecule has 0 bridgehead atoms. The third kappa shape index (κ3) is 4.15. The predicted molar refractivity (Wildman–Crippen MR) is 105 cm³/mol. The van der Waals surface area contributed by atoms with E-state index in [2.05, 4.69) is 12.2 Å². The molecule has 1 heterocycles. The molecule has 1 aliphatic rings. The van der Waals surface area contributed by atoms with E-state index in [-0.39, 0.29) is 12.5 Å². The Morgan fingerprint density at radius 2 is 2.00 bits per heavy atom. The number of amides is 1. The summed E-state index contributed by atoms with van der Waals surface area (Å²) in [5.41, 5.74) is 4.04. The lowest BCUT2D eigenvalue weighted by molar-refractivity contribution is -0.119. The number of carbonyl (C=O) groups excluding carboxylic acids is 2. The van der Waals surface area contributed by atoms with Crippen LogP contribution in [-0.4, -0.2) is 18.5 Å². The van der Waals surface area contributed by atoms with Crippen molar-refractivity contribution in [3.8, 4) is 0 Å². The molecule has 0 aliphatic heterocycles. The van der Waals surface area contributed by atoms with E-state index in [0.717, 1.165) is 29.7 Å². The van der Waals surface area contributed by atoms with E-state index in [4.69, 9.17) is 4.74 Å². The maximum Gasteiger partial charge on any atom is 0.348 e. The molecule has 3 rings (SSSR count). The zero-order chi connectivity index (χ0) is 18.7. The molecular weight excluding hydrogens is 346 g/mol. The van der Waals surface area contributed by atoms with E-state index >= 15 is 0 Å². The zero-order valence-electron chi connectivity index (χ0n) is 15.6. The molecule has 0 radical (unpaired) electrons. The van der Waals surface area contributed by atoms with Crippen LogP contribution in [0.2, 0.25) is 0 Å². The molecule has 0 saturated heterocycles. The summed E-state index contributed by atoms with van der Waals surface area (Å²) in [5.74, 6) is -0.0127. The number of nitrogens with one attached hydrogen (secondary N) is 1. The van der Waals surface area contributed by atoms with Crippen molar-refractivity contribution in [1.29, 1.82) is 0 Å².